The van der Waals surface area contributed by atoms with Crippen LogP contribution in [-0.4, -0.2) is 11.8 Å². The van der Waals surface area contributed by atoms with Crippen molar-refractivity contribution in [3.63, 3.8) is 0 Å². The summed E-state index contributed by atoms with van der Waals surface area (Å²) in [6.07, 6.45) is 0.120. The minimum Gasteiger partial charge on any atom is -0.325 e. The molecule has 1 fully saturated rings. The number of hydrogen-bond donors (Lipinski definition) is 1. The van der Waals surface area contributed by atoms with Gasteiger partial charge in [0.25, 0.3) is 0 Å². The number of carbonyl (C=O) groups is 1. The quantitative estimate of drug-likeness (QED) is 0.869. The molecule has 2 nitrogen and oxygen atoms in total. The van der Waals surface area contributed by atoms with E-state index < -0.39 is 5.92 Å². The van der Waals surface area contributed by atoms with Crippen LogP contribution in [0.1, 0.15) is 25.7 Å². The smallest absolute Gasteiger partial charge is 0.248 e. The molecule has 0 spiro atoms. The summed E-state index contributed by atoms with van der Waals surface area (Å²) in [7, 11) is 0. The maximum Gasteiger partial charge on any atom is 0.248 e. The van der Waals surface area contributed by atoms with E-state index in [0.29, 0.717) is 5.69 Å². The van der Waals surface area contributed by atoms with Crippen LogP contribution in [0.3, 0.4) is 0 Å². The van der Waals surface area contributed by atoms with Crippen LogP contribution in [0, 0.1) is 5.92 Å². The summed E-state index contributed by atoms with van der Waals surface area (Å²) >= 11 is 3.33. The first-order valence-corrected chi connectivity index (χ1v) is 6.70. The van der Waals surface area contributed by atoms with Crippen molar-refractivity contribution in [2.24, 2.45) is 5.92 Å². The lowest BCUT2D eigenvalue weighted by Crippen LogP contribution is -2.31. The molecule has 18 heavy (non-hydrogen) atoms. The molecule has 1 aromatic rings. The molecule has 1 saturated carbocycles. The Hall–Kier alpha value is -0.970. The van der Waals surface area contributed by atoms with Gasteiger partial charge >= 0.3 is 0 Å². The summed E-state index contributed by atoms with van der Waals surface area (Å²) in [6.45, 7) is 0. The molecule has 0 heterocycles. The molecule has 0 aromatic heterocycles. The number of para-hydroxylation sites is 1. The zero-order valence-electron chi connectivity index (χ0n) is 9.76. The van der Waals surface area contributed by atoms with Crippen LogP contribution in [0.4, 0.5) is 14.5 Å². The highest BCUT2D eigenvalue weighted by Crippen LogP contribution is 2.36. The molecule has 0 aliphatic heterocycles. The number of nitrogens with one attached hydrogen (secondary N) is 1. The number of amides is 1. The molecule has 1 aromatic carbocycles. The van der Waals surface area contributed by atoms with Gasteiger partial charge in [-0.05, 0) is 40.9 Å². The fraction of sp³-hybridized carbons (Fsp3) is 0.462. The Morgan fingerprint density at radius 1 is 1.28 bits per heavy atom. The monoisotopic (exact) mass is 317 g/mol. The summed E-state index contributed by atoms with van der Waals surface area (Å²) in [5.74, 6) is -3.07. The number of rotatable bonds is 2. The molecule has 0 saturated heterocycles. The fourth-order valence-electron chi connectivity index (χ4n) is 2.10. The molecule has 0 radical (unpaired) electrons. The van der Waals surface area contributed by atoms with Gasteiger partial charge in [-0.3, -0.25) is 4.79 Å². The van der Waals surface area contributed by atoms with E-state index >= 15 is 0 Å². The Morgan fingerprint density at radius 3 is 2.50 bits per heavy atom. The van der Waals surface area contributed by atoms with E-state index in [4.69, 9.17) is 0 Å². The van der Waals surface area contributed by atoms with Gasteiger partial charge in [0.15, 0.2) is 0 Å². The van der Waals surface area contributed by atoms with Crippen LogP contribution in [-0.2, 0) is 4.79 Å². The van der Waals surface area contributed by atoms with Crippen LogP contribution in [0.25, 0.3) is 0 Å². The second kappa shape index (κ2) is 5.34. The van der Waals surface area contributed by atoms with Gasteiger partial charge in [0.2, 0.25) is 11.8 Å². The first-order valence-electron chi connectivity index (χ1n) is 5.91. The Labute approximate surface area is 113 Å². The molecule has 1 amide bonds. The Morgan fingerprint density at radius 2 is 1.89 bits per heavy atom. The van der Waals surface area contributed by atoms with Gasteiger partial charge in [-0.15, -0.1) is 0 Å². The van der Waals surface area contributed by atoms with Crippen LogP contribution in [0.15, 0.2) is 28.7 Å². The predicted molar refractivity (Wildman–Crippen MR) is 69.7 cm³/mol. The number of hydrogen-bond acceptors (Lipinski definition) is 1. The maximum absolute atomic E-state index is 13.0. The molecule has 1 aliphatic carbocycles. The van der Waals surface area contributed by atoms with Crippen molar-refractivity contribution < 1.29 is 13.6 Å². The van der Waals surface area contributed by atoms with Crippen molar-refractivity contribution in [3.05, 3.63) is 28.7 Å². The van der Waals surface area contributed by atoms with Gasteiger partial charge in [-0.2, -0.15) is 0 Å². The lowest BCUT2D eigenvalue weighted by Gasteiger charge is -2.27. The van der Waals surface area contributed by atoms with Crippen LogP contribution in [0.2, 0.25) is 0 Å². The third-order valence-corrected chi connectivity index (χ3v) is 3.91. The fourth-order valence-corrected chi connectivity index (χ4v) is 2.48. The van der Waals surface area contributed by atoms with Gasteiger partial charge < -0.3 is 5.32 Å². The lowest BCUT2D eigenvalue weighted by atomic mass is 9.86. The average Bonchev–Trinajstić information content (AvgIpc) is 2.32. The standard InChI is InChI=1S/C13H14BrF2NO/c14-10-3-1-2-4-11(10)17-12(18)9-5-7-13(15,16)8-6-9/h1-4,9H,5-8H2,(H,17,18). The molecule has 0 bridgehead atoms. The predicted octanol–water partition coefficient (Wildman–Crippen LogP) is 4.21. The van der Waals surface area contributed by atoms with Crippen LogP contribution < -0.4 is 5.32 Å². The summed E-state index contributed by atoms with van der Waals surface area (Å²) in [5.41, 5.74) is 0.680. The van der Waals surface area contributed by atoms with Crippen molar-refractivity contribution >= 4 is 27.5 Å². The Balaban J connectivity index is 1.95. The normalized spacial score (nSPS) is 19.5. The topological polar surface area (TPSA) is 29.1 Å². The average molecular weight is 318 g/mol. The van der Waals surface area contributed by atoms with E-state index in [9.17, 15) is 13.6 Å². The first kappa shape index (κ1) is 13.5. The van der Waals surface area contributed by atoms with E-state index in [1.807, 2.05) is 18.2 Å². The molecule has 1 aliphatic rings. The summed E-state index contributed by atoms with van der Waals surface area (Å²) in [4.78, 5) is 12.0. The number of alkyl halides is 2. The van der Waals surface area contributed by atoms with E-state index in [0.717, 1.165) is 4.47 Å². The number of carbonyl (C=O) groups excluding carboxylic acids is 1. The molecule has 0 atom stereocenters. The van der Waals surface area contributed by atoms with Gasteiger partial charge in [0.1, 0.15) is 0 Å². The van der Waals surface area contributed by atoms with Crippen molar-refractivity contribution in [2.45, 2.75) is 31.6 Å². The lowest BCUT2D eigenvalue weighted by molar-refractivity contribution is -0.124. The van der Waals surface area contributed by atoms with E-state index in [-0.39, 0.29) is 37.5 Å². The van der Waals surface area contributed by atoms with Crippen molar-refractivity contribution in [2.75, 3.05) is 5.32 Å². The second-order valence-electron chi connectivity index (χ2n) is 4.60. The number of anilines is 1. The highest BCUT2D eigenvalue weighted by atomic mass is 79.9. The molecular formula is C13H14BrF2NO. The molecule has 98 valence electrons. The molecule has 1 N–H and O–H groups in total. The minimum atomic E-state index is -2.59. The molecular weight excluding hydrogens is 304 g/mol. The van der Waals surface area contributed by atoms with Crippen molar-refractivity contribution in [3.8, 4) is 0 Å². The zero-order chi connectivity index (χ0) is 13.2. The third kappa shape index (κ3) is 3.28. The SMILES string of the molecule is O=C(Nc1ccccc1Br)C1CCC(F)(F)CC1. The van der Waals surface area contributed by atoms with E-state index in [2.05, 4.69) is 21.2 Å². The Kier molecular flexibility index (Phi) is 4.00. The van der Waals surface area contributed by atoms with Gasteiger partial charge in [-0.1, -0.05) is 12.1 Å². The van der Waals surface area contributed by atoms with Crippen molar-refractivity contribution in [1.82, 2.24) is 0 Å². The maximum atomic E-state index is 13.0. The summed E-state index contributed by atoms with van der Waals surface area (Å²) in [6, 6.07) is 7.26. The van der Waals surface area contributed by atoms with Gasteiger partial charge in [0, 0.05) is 23.2 Å². The zero-order valence-corrected chi connectivity index (χ0v) is 11.3. The third-order valence-electron chi connectivity index (χ3n) is 3.22. The van der Waals surface area contributed by atoms with Gasteiger partial charge in [-0.25, -0.2) is 8.78 Å². The second-order valence-corrected chi connectivity index (χ2v) is 5.45. The summed E-state index contributed by atoms with van der Waals surface area (Å²) in [5, 5.41) is 2.78. The molecule has 2 rings (SSSR count). The number of halogens is 3. The molecule has 5 heteroatoms. The highest BCUT2D eigenvalue weighted by Gasteiger charge is 2.37. The molecule has 0 unspecified atom stereocenters. The van der Waals surface area contributed by atoms with E-state index in [1.54, 1.807) is 6.07 Å². The van der Waals surface area contributed by atoms with Crippen LogP contribution >= 0.6 is 15.9 Å². The Bertz CT molecular complexity index is 440. The van der Waals surface area contributed by atoms with Crippen molar-refractivity contribution in [1.29, 1.82) is 0 Å². The minimum absolute atomic E-state index is 0.169. The highest BCUT2D eigenvalue weighted by molar-refractivity contribution is 9.10. The first-order chi connectivity index (χ1) is 8.48. The largest absolute Gasteiger partial charge is 0.325 e. The van der Waals surface area contributed by atoms with E-state index in [1.165, 1.54) is 0 Å². The van der Waals surface area contributed by atoms with Crippen LogP contribution in [0.5, 0.6) is 0 Å². The van der Waals surface area contributed by atoms with Gasteiger partial charge in [0.05, 0.1) is 5.69 Å². The summed E-state index contributed by atoms with van der Waals surface area (Å²) < 4.78 is 26.8. The number of benzene rings is 1.